The minimum absolute atomic E-state index is 0. The number of hydrogen-bond acceptors (Lipinski definition) is 2. The lowest BCUT2D eigenvalue weighted by Crippen LogP contribution is -2.29. The van der Waals surface area contributed by atoms with Gasteiger partial charge in [-0.3, -0.25) is 4.79 Å². The van der Waals surface area contributed by atoms with Gasteiger partial charge in [0.15, 0.2) is 0 Å². The maximum absolute atomic E-state index is 11.6. The average Bonchev–Trinajstić information content (AvgIpc) is 2.42. The Kier molecular flexibility index (Phi) is 6.15. The minimum Gasteiger partial charge on any atom is -0.328 e. The highest BCUT2D eigenvalue weighted by Gasteiger charge is 2.05. The van der Waals surface area contributed by atoms with E-state index in [0.29, 0.717) is 12.0 Å². The Bertz CT molecular complexity index is 620. The summed E-state index contributed by atoms with van der Waals surface area (Å²) >= 11 is 0. The van der Waals surface area contributed by atoms with E-state index in [4.69, 9.17) is 5.73 Å². The van der Waals surface area contributed by atoms with Gasteiger partial charge in [0, 0.05) is 12.7 Å². The molecular weight excluding hydrogens is 274 g/mol. The van der Waals surface area contributed by atoms with E-state index in [1.807, 2.05) is 59.3 Å². The van der Waals surface area contributed by atoms with Crippen molar-refractivity contribution in [2.45, 2.75) is 19.5 Å². The van der Waals surface area contributed by atoms with E-state index in [2.05, 4.69) is 4.99 Å². The monoisotopic (exact) mass is 291 g/mol. The van der Waals surface area contributed by atoms with Crippen LogP contribution in [0.15, 0.2) is 59.7 Å². The molecule has 1 atom stereocenters. The number of amides is 1. The first-order valence-corrected chi connectivity index (χ1v) is 6.20. The van der Waals surface area contributed by atoms with Crippen molar-refractivity contribution < 1.29 is 4.79 Å². The van der Waals surface area contributed by atoms with Gasteiger partial charge in [-0.05, 0) is 24.6 Å². The van der Waals surface area contributed by atoms with Crippen LogP contribution in [0.2, 0.25) is 0 Å². The lowest BCUT2D eigenvalue weighted by molar-refractivity contribution is -0.118. The highest BCUT2D eigenvalue weighted by molar-refractivity contribution is 5.85. The fourth-order valence-electron chi connectivity index (χ4n) is 1.70. The Labute approximate surface area is 124 Å². The molecule has 0 aliphatic heterocycles. The molecule has 0 radical (unpaired) electrons. The van der Waals surface area contributed by atoms with Crippen molar-refractivity contribution in [3.63, 3.8) is 0 Å². The topological polar surface area (TPSA) is 60.4 Å². The summed E-state index contributed by atoms with van der Waals surface area (Å²) in [6.45, 7) is 2.31. The number of nitrogens with two attached hydrogens (primary N) is 1. The Hall–Kier alpha value is -1.91. The first-order valence-electron chi connectivity index (χ1n) is 6.20. The van der Waals surface area contributed by atoms with Gasteiger partial charge in [0.05, 0.1) is 6.04 Å². The second-order valence-corrected chi connectivity index (χ2v) is 4.41. The Morgan fingerprint density at radius 2 is 1.85 bits per heavy atom. The van der Waals surface area contributed by atoms with Crippen molar-refractivity contribution >= 4 is 18.3 Å². The van der Waals surface area contributed by atoms with E-state index in [9.17, 15) is 4.79 Å². The Balaban J connectivity index is 0.00000200. The summed E-state index contributed by atoms with van der Waals surface area (Å²) in [5.74, 6) is -0.312. The van der Waals surface area contributed by atoms with Gasteiger partial charge in [0.2, 0.25) is 0 Å². The molecule has 0 fully saturated rings. The summed E-state index contributed by atoms with van der Waals surface area (Å²) in [4.78, 5) is 15.7. The second kappa shape index (κ2) is 7.62. The van der Waals surface area contributed by atoms with Gasteiger partial charge in [0.25, 0.3) is 5.91 Å². The molecule has 1 aromatic carbocycles. The standard InChI is InChI=1S/C15H17N3O.ClH/c1-12(16)15(19)17-14-9-5-6-10-18(14)11-13-7-3-2-4-8-13;/h2-10,12H,11,16H2,1H3;1H. The van der Waals surface area contributed by atoms with E-state index >= 15 is 0 Å². The van der Waals surface area contributed by atoms with Crippen molar-refractivity contribution in [2.24, 2.45) is 10.7 Å². The lowest BCUT2D eigenvalue weighted by Gasteiger charge is -2.07. The summed E-state index contributed by atoms with van der Waals surface area (Å²) in [5.41, 5.74) is 7.31. The molecule has 0 saturated carbocycles. The number of halogens is 1. The van der Waals surface area contributed by atoms with E-state index < -0.39 is 6.04 Å². The number of carbonyl (C=O) groups is 1. The third-order valence-electron chi connectivity index (χ3n) is 2.73. The van der Waals surface area contributed by atoms with E-state index in [1.165, 1.54) is 0 Å². The third-order valence-corrected chi connectivity index (χ3v) is 2.73. The zero-order valence-electron chi connectivity index (χ0n) is 11.3. The summed E-state index contributed by atoms with van der Waals surface area (Å²) in [7, 11) is 0. The van der Waals surface area contributed by atoms with E-state index in [1.54, 1.807) is 6.92 Å². The number of rotatable bonds is 3. The van der Waals surface area contributed by atoms with Crippen LogP contribution in [0.4, 0.5) is 0 Å². The van der Waals surface area contributed by atoms with Gasteiger partial charge in [-0.1, -0.05) is 36.4 Å². The first kappa shape index (κ1) is 16.1. The predicted molar refractivity (Wildman–Crippen MR) is 81.4 cm³/mol. The number of carbonyl (C=O) groups excluding carboxylic acids is 1. The van der Waals surface area contributed by atoms with Crippen LogP contribution in [0.5, 0.6) is 0 Å². The van der Waals surface area contributed by atoms with Gasteiger partial charge in [0.1, 0.15) is 5.49 Å². The number of aromatic nitrogens is 1. The van der Waals surface area contributed by atoms with E-state index in [-0.39, 0.29) is 18.3 Å². The summed E-state index contributed by atoms with van der Waals surface area (Å²) < 4.78 is 1.93. The Morgan fingerprint density at radius 1 is 1.20 bits per heavy atom. The minimum atomic E-state index is -0.578. The number of hydrogen-bond donors (Lipinski definition) is 1. The van der Waals surface area contributed by atoms with Gasteiger partial charge < -0.3 is 10.3 Å². The van der Waals surface area contributed by atoms with Crippen LogP contribution in [0.3, 0.4) is 0 Å². The molecule has 1 aromatic heterocycles. The smallest absolute Gasteiger partial charge is 0.264 e. The molecule has 0 bridgehead atoms. The maximum Gasteiger partial charge on any atom is 0.264 e. The summed E-state index contributed by atoms with van der Waals surface area (Å²) in [6, 6.07) is 15.0. The van der Waals surface area contributed by atoms with Gasteiger partial charge in [-0.2, -0.15) is 4.99 Å². The summed E-state index contributed by atoms with van der Waals surface area (Å²) in [5, 5.41) is 0. The zero-order chi connectivity index (χ0) is 13.7. The van der Waals surface area contributed by atoms with Crippen molar-refractivity contribution in [2.75, 3.05) is 0 Å². The highest BCUT2D eigenvalue weighted by Crippen LogP contribution is 2.00. The summed E-state index contributed by atoms with van der Waals surface area (Å²) in [6.07, 6.45) is 1.90. The average molecular weight is 292 g/mol. The maximum atomic E-state index is 11.6. The quantitative estimate of drug-likeness (QED) is 0.936. The van der Waals surface area contributed by atoms with Crippen molar-refractivity contribution in [3.05, 3.63) is 65.8 Å². The SMILES string of the molecule is CC(N)C(=O)N=c1ccccn1Cc1ccccc1.Cl. The second-order valence-electron chi connectivity index (χ2n) is 4.41. The van der Waals surface area contributed by atoms with Crippen LogP contribution in [0.1, 0.15) is 12.5 Å². The molecule has 0 saturated heterocycles. The van der Waals surface area contributed by atoms with Crippen LogP contribution in [0.25, 0.3) is 0 Å². The van der Waals surface area contributed by atoms with Gasteiger partial charge in [-0.25, -0.2) is 0 Å². The van der Waals surface area contributed by atoms with Crippen molar-refractivity contribution in [1.82, 2.24) is 4.57 Å². The van der Waals surface area contributed by atoms with Gasteiger partial charge >= 0.3 is 0 Å². The number of benzene rings is 1. The Morgan fingerprint density at radius 3 is 2.50 bits per heavy atom. The number of nitrogens with zero attached hydrogens (tertiary/aromatic N) is 2. The van der Waals surface area contributed by atoms with Crippen molar-refractivity contribution in [3.8, 4) is 0 Å². The van der Waals surface area contributed by atoms with Crippen molar-refractivity contribution in [1.29, 1.82) is 0 Å². The molecule has 5 heteroatoms. The molecule has 4 nitrogen and oxygen atoms in total. The fourth-order valence-corrected chi connectivity index (χ4v) is 1.70. The normalized spacial score (nSPS) is 12.6. The molecule has 106 valence electrons. The molecule has 2 rings (SSSR count). The molecule has 2 N–H and O–H groups in total. The molecule has 1 amide bonds. The molecule has 0 aliphatic carbocycles. The third kappa shape index (κ3) is 4.33. The molecule has 0 spiro atoms. The largest absolute Gasteiger partial charge is 0.328 e. The van der Waals surface area contributed by atoms with Gasteiger partial charge in [-0.15, -0.1) is 12.4 Å². The van der Waals surface area contributed by atoms with Crippen LogP contribution < -0.4 is 11.2 Å². The van der Waals surface area contributed by atoms with E-state index in [0.717, 1.165) is 5.56 Å². The molecule has 20 heavy (non-hydrogen) atoms. The molecule has 0 aliphatic rings. The fraction of sp³-hybridized carbons (Fsp3) is 0.200. The van der Waals surface area contributed by atoms with Crippen LogP contribution in [-0.4, -0.2) is 16.5 Å². The lowest BCUT2D eigenvalue weighted by atomic mass is 10.2. The number of pyridine rings is 1. The zero-order valence-corrected chi connectivity index (χ0v) is 12.1. The predicted octanol–water partition coefficient (Wildman–Crippen LogP) is 1.73. The molecule has 2 aromatic rings. The van der Waals surface area contributed by atoms with Crippen LogP contribution in [-0.2, 0) is 11.3 Å². The van der Waals surface area contributed by atoms with Crippen LogP contribution in [0, 0.1) is 0 Å². The molecular formula is C15H18ClN3O. The molecule has 1 heterocycles. The first-order chi connectivity index (χ1) is 9.16. The van der Waals surface area contributed by atoms with Crippen LogP contribution >= 0.6 is 12.4 Å². The molecule has 1 unspecified atom stereocenters. The highest BCUT2D eigenvalue weighted by atomic mass is 35.5.